The van der Waals surface area contributed by atoms with E-state index >= 15 is 0 Å². The molecule has 10 heavy (non-hydrogen) atoms. The van der Waals surface area contributed by atoms with Crippen LogP contribution in [0.15, 0.2) is 12.2 Å². The van der Waals surface area contributed by atoms with Crippen LogP contribution in [0.4, 0.5) is 0 Å². The van der Waals surface area contributed by atoms with Crippen LogP contribution >= 0.6 is 23.5 Å². The normalized spacial score (nSPS) is 28.1. The lowest BCUT2D eigenvalue weighted by Crippen LogP contribution is -2.02. The van der Waals surface area contributed by atoms with E-state index in [9.17, 15) is 0 Å². The summed E-state index contributed by atoms with van der Waals surface area (Å²) in [4.78, 5) is 0. The molecule has 1 aliphatic heterocycles. The molecule has 0 saturated carbocycles. The van der Waals surface area contributed by atoms with Crippen molar-refractivity contribution < 1.29 is 0 Å². The topological polar surface area (TPSA) is 0 Å². The molecule has 1 unspecified atom stereocenters. The van der Waals surface area contributed by atoms with Crippen LogP contribution in [0, 0.1) is 0 Å². The molecule has 1 aliphatic rings. The zero-order valence-electron chi connectivity index (χ0n) is 6.43. The van der Waals surface area contributed by atoms with Crippen LogP contribution < -0.4 is 0 Å². The van der Waals surface area contributed by atoms with Crippen molar-refractivity contribution in [2.45, 2.75) is 18.6 Å². The van der Waals surface area contributed by atoms with Gasteiger partial charge in [0, 0.05) is 22.5 Å². The molecule has 0 amide bonds. The molecule has 0 aliphatic carbocycles. The van der Waals surface area contributed by atoms with Gasteiger partial charge in [-0.25, -0.2) is 0 Å². The highest BCUT2D eigenvalue weighted by molar-refractivity contribution is 8.04. The van der Waals surface area contributed by atoms with E-state index in [1.54, 1.807) is 0 Å². The van der Waals surface area contributed by atoms with Crippen molar-refractivity contribution in [3.63, 3.8) is 0 Å². The lowest BCUT2D eigenvalue weighted by Gasteiger charge is -2.07. The molecular formula is C8H14S2. The van der Waals surface area contributed by atoms with E-state index in [1.165, 1.54) is 29.3 Å². The van der Waals surface area contributed by atoms with E-state index < -0.39 is 0 Å². The van der Waals surface area contributed by atoms with Gasteiger partial charge in [-0.1, -0.05) is 19.1 Å². The van der Waals surface area contributed by atoms with Crippen molar-refractivity contribution in [2.24, 2.45) is 0 Å². The molecule has 2 heteroatoms. The highest BCUT2D eigenvalue weighted by Gasteiger charge is 2.11. The predicted octanol–water partition coefficient (Wildman–Crippen LogP) is 2.80. The Morgan fingerprint density at radius 3 is 3.10 bits per heavy atom. The second-order valence-corrected chi connectivity index (χ2v) is 4.93. The van der Waals surface area contributed by atoms with Gasteiger partial charge in [0.25, 0.3) is 0 Å². The lowest BCUT2D eigenvalue weighted by molar-refractivity contribution is 0.920. The molecule has 0 bridgehead atoms. The average Bonchev–Trinajstić information content (AvgIpc) is 2.14. The lowest BCUT2D eigenvalue weighted by atomic mass is 10.4. The fourth-order valence-corrected chi connectivity index (χ4v) is 3.52. The van der Waals surface area contributed by atoms with Crippen molar-refractivity contribution in [3.05, 3.63) is 12.2 Å². The van der Waals surface area contributed by atoms with Gasteiger partial charge in [0.1, 0.15) is 0 Å². The van der Waals surface area contributed by atoms with E-state index in [0.717, 1.165) is 5.25 Å². The van der Waals surface area contributed by atoms with Crippen molar-refractivity contribution in [1.29, 1.82) is 0 Å². The van der Waals surface area contributed by atoms with Crippen LogP contribution in [0.1, 0.15) is 13.3 Å². The minimum absolute atomic E-state index is 0.879. The number of hydrogen-bond acceptors (Lipinski definition) is 2. The third kappa shape index (κ3) is 2.59. The number of hydrogen-bond donors (Lipinski definition) is 0. The monoisotopic (exact) mass is 174 g/mol. The molecule has 0 radical (unpaired) electrons. The molecule has 1 atom stereocenters. The van der Waals surface area contributed by atoms with Crippen molar-refractivity contribution in [2.75, 3.05) is 17.3 Å². The Labute approximate surface area is 71.8 Å². The third-order valence-electron chi connectivity index (χ3n) is 1.59. The first-order valence-corrected chi connectivity index (χ1v) is 5.89. The second-order valence-electron chi connectivity index (χ2n) is 2.61. The van der Waals surface area contributed by atoms with Crippen molar-refractivity contribution in [3.8, 4) is 0 Å². The number of thioether (sulfide) groups is 2. The third-order valence-corrected chi connectivity index (χ3v) is 4.60. The van der Waals surface area contributed by atoms with Gasteiger partial charge in [0.2, 0.25) is 0 Å². The van der Waals surface area contributed by atoms with E-state index in [1.807, 2.05) is 11.8 Å². The highest BCUT2D eigenvalue weighted by atomic mass is 32.2. The molecule has 1 fully saturated rings. The minimum Gasteiger partial charge on any atom is -0.156 e. The summed E-state index contributed by atoms with van der Waals surface area (Å²) >= 11 is 4.11. The number of rotatable bonds is 1. The first-order chi connectivity index (χ1) is 4.83. The van der Waals surface area contributed by atoms with Crippen LogP contribution in [0.3, 0.4) is 0 Å². The van der Waals surface area contributed by atoms with Gasteiger partial charge >= 0.3 is 0 Å². The Bertz CT molecular complexity index is 120. The zero-order valence-corrected chi connectivity index (χ0v) is 8.06. The van der Waals surface area contributed by atoms with Crippen LogP contribution in [0.25, 0.3) is 0 Å². The zero-order chi connectivity index (χ0) is 7.40. The summed E-state index contributed by atoms with van der Waals surface area (Å²) in [5, 5.41) is 0.879. The van der Waals surface area contributed by atoms with Gasteiger partial charge in [-0.2, -0.15) is 23.5 Å². The predicted molar refractivity (Wildman–Crippen MR) is 53.0 cm³/mol. The summed E-state index contributed by atoms with van der Waals surface area (Å²) in [7, 11) is 0. The molecule has 1 saturated heterocycles. The molecule has 0 aromatic rings. The summed E-state index contributed by atoms with van der Waals surface area (Å²) < 4.78 is 0. The maximum atomic E-state index is 4.00. The van der Waals surface area contributed by atoms with Crippen LogP contribution in [0.5, 0.6) is 0 Å². The molecule has 0 N–H and O–H groups in total. The Balaban J connectivity index is 2.33. The Morgan fingerprint density at radius 2 is 2.40 bits per heavy atom. The van der Waals surface area contributed by atoms with E-state index in [-0.39, 0.29) is 0 Å². The second kappa shape index (κ2) is 4.35. The fraction of sp³-hybridized carbons (Fsp3) is 0.750. The van der Waals surface area contributed by atoms with Gasteiger partial charge < -0.3 is 0 Å². The Kier molecular flexibility index (Phi) is 3.71. The molecule has 0 nitrogen and oxygen atoms in total. The van der Waals surface area contributed by atoms with Gasteiger partial charge in [0.05, 0.1) is 0 Å². The molecule has 1 heterocycles. The molecule has 58 valence electrons. The van der Waals surface area contributed by atoms with E-state index in [0.29, 0.717) is 0 Å². The largest absolute Gasteiger partial charge is 0.156 e. The Morgan fingerprint density at radius 1 is 1.60 bits per heavy atom. The molecule has 0 aromatic carbocycles. The van der Waals surface area contributed by atoms with Gasteiger partial charge in [-0.15, -0.1) is 0 Å². The average molecular weight is 174 g/mol. The molecule has 0 aromatic heterocycles. The first kappa shape index (κ1) is 8.54. The molecule has 1 rings (SSSR count). The standard InChI is InChI=1S/C8H14S2/c1-3-8-6-9-4-7(2)5-10-8/h8H,2-6H2,1H3. The quantitative estimate of drug-likeness (QED) is 0.561. The summed E-state index contributed by atoms with van der Waals surface area (Å²) in [6, 6.07) is 0. The minimum atomic E-state index is 0.879. The van der Waals surface area contributed by atoms with Crippen LogP contribution in [-0.4, -0.2) is 22.5 Å². The summed E-state index contributed by atoms with van der Waals surface area (Å²) in [6.07, 6.45) is 1.31. The SMILES string of the molecule is C=C1CSCC(CC)SC1. The van der Waals surface area contributed by atoms with Gasteiger partial charge in [-0.05, 0) is 6.42 Å². The maximum Gasteiger partial charge on any atom is 0.0151 e. The fourth-order valence-electron chi connectivity index (χ4n) is 0.896. The van der Waals surface area contributed by atoms with E-state index in [4.69, 9.17) is 0 Å². The highest BCUT2D eigenvalue weighted by Crippen LogP contribution is 2.27. The maximum absolute atomic E-state index is 4.00. The molecular weight excluding hydrogens is 160 g/mol. The summed E-state index contributed by atoms with van der Waals surface area (Å²) in [5.74, 6) is 3.69. The van der Waals surface area contributed by atoms with Crippen LogP contribution in [-0.2, 0) is 0 Å². The van der Waals surface area contributed by atoms with Crippen LogP contribution in [0.2, 0.25) is 0 Å². The van der Waals surface area contributed by atoms with Crippen molar-refractivity contribution >= 4 is 23.5 Å². The smallest absolute Gasteiger partial charge is 0.0151 e. The van der Waals surface area contributed by atoms with Gasteiger partial charge in [0.15, 0.2) is 0 Å². The summed E-state index contributed by atoms with van der Waals surface area (Å²) in [5.41, 5.74) is 1.41. The van der Waals surface area contributed by atoms with Crippen molar-refractivity contribution in [1.82, 2.24) is 0 Å². The molecule has 0 spiro atoms. The van der Waals surface area contributed by atoms with Gasteiger partial charge in [-0.3, -0.25) is 0 Å². The Hall–Kier alpha value is 0.440. The van der Waals surface area contributed by atoms with E-state index in [2.05, 4.69) is 25.3 Å². The summed E-state index contributed by atoms with van der Waals surface area (Å²) in [6.45, 7) is 6.27. The first-order valence-electron chi connectivity index (χ1n) is 3.69.